The van der Waals surface area contributed by atoms with Crippen molar-refractivity contribution >= 4 is 5.97 Å². The molecule has 0 aromatic carbocycles. The van der Waals surface area contributed by atoms with Gasteiger partial charge in [0, 0.05) is 6.54 Å². The Morgan fingerprint density at radius 3 is 1.94 bits per heavy atom. The number of aliphatic carboxylic acids is 1. The second-order valence-electron chi connectivity index (χ2n) is 4.89. The van der Waals surface area contributed by atoms with E-state index in [-0.39, 0.29) is 0 Å². The van der Waals surface area contributed by atoms with Crippen LogP contribution in [0.1, 0.15) is 53.4 Å². The standard InChI is InChI=1S/C13H27NO2/c1-5-8-13(4,12(15)16)11-14(9-6-2)10-7-3/h5-11H2,1-4H3,(H,15,16). The minimum atomic E-state index is -0.661. The lowest BCUT2D eigenvalue weighted by Crippen LogP contribution is -2.41. The van der Waals surface area contributed by atoms with Crippen molar-refractivity contribution in [2.75, 3.05) is 19.6 Å². The minimum absolute atomic E-state index is 0.584. The Bertz CT molecular complexity index is 200. The fourth-order valence-electron chi connectivity index (χ4n) is 2.20. The molecule has 0 aliphatic heterocycles. The van der Waals surface area contributed by atoms with E-state index in [1.165, 1.54) is 0 Å². The van der Waals surface area contributed by atoms with E-state index >= 15 is 0 Å². The Morgan fingerprint density at radius 1 is 1.12 bits per heavy atom. The molecule has 0 heterocycles. The molecule has 0 bridgehead atoms. The Labute approximate surface area is 99.8 Å². The molecule has 0 spiro atoms. The summed E-state index contributed by atoms with van der Waals surface area (Å²) >= 11 is 0. The van der Waals surface area contributed by atoms with Gasteiger partial charge in [0.25, 0.3) is 0 Å². The smallest absolute Gasteiger partial charge is 0.310 e. The number of nitrogens with zero attached hydrogens (tertiary/aromatic N) is 1. The molecule has 0 aromatic heterocycles. The van der Waals surface area contributed by atoms with E-state index in [4.69, 9.17) is 0 Å². The third-order valence-corrected chi connectivity index (χ3v) is 2.97. The quantitative estimate of drug-likeness (QED) is 0.660. The zero-order valence-corrected chi connectivity index (χ0v) is 11.3. The fraction of sp³-hybridized carbons (Fsp3) is 0.923. The summed E-state index contributed by atoms with van der Waals surface area (Å²) in [5, 5.41) is 9.32. The van der Waals surface area contributed by atoms with Crippen molar-refractivity contribution < 1.29 is 9.90 Å². The molecular weight excluding hydrogens is 202 g/mol. The first-order valence-electron chi connectivity index (χ1n) is 6.45. The predicted octanol–water partition coefficient (Wildman–Crippen LogP) is 3.00. The first-order valence-corrected chi connectivity index (χ1v) is 6.45. The molecule has 0 radical (unpaired) electrons. The molecule has 0 aromatic rings. The van der Waals surface area contributed by atoms with Gasteiger partial charge in [0.2, 0.25) is 0 Å². The molecule has 96 valence electrons. The number of rotatable bonds is 9. The summed E-state index contributed by atoms with van der Waals surface area (Å²) in [5.41, 5.74) is -0.584. The van der Waals surface area contributed by atoms with Gasteiger partial charge < -0.3 is 10.0 Å². The van der Waals surface area contributed by atoms with Crippen LogP contribution < -0.4 is 0 Å². The van der Waals surface area contributed by atoms with Gasteiger partial charge >= 0.3 is 5.97 Å². The van der Waals surface area contributed by atoms with Gasteiger partial charge in [-0.3, -0.25) is 4.79 Å². The zero-order chi connectivity index (χ0) is 12.6. The molecule has 0 saturated carbocycles. The highest BCUT2D eigenvalue weighted by atomic mass is 16.4. The second-order valence-corrected chi connectivity index (χ2v) is 4.89. The van der Waals surface area contributed by atoms with Gasteiger partial charge in [-0.15, -0.1) is 0 Å². The predicted molar refractivity (Wildman–Crippen MR) is 67.7 cm³/mol. The van der Waals surface area contributed by atoms with E-state index in [0.29, 0.717) is 6.54 Å². The Morgan fingerprint density at radius 2 is 1.62 bits per heavy atom. The molecule has 1 atom stereocenters. The van der Waals surface area contributed by atoms with Crippen molar-refractivity contribution in [2.24, 2.45) is 5.41 Å². The minimum Gasteiger partial charge on any atom is -0.481 e. The fourth-order valence-corrected chi connectivity index (χ4v) is 2.20. The van der Waals surface area contributed by atoms with E-state index in [1.807, 2.05) is 13.8 Å². The normalized spacial score (nSPS) is 15.1. The van der Waals surface area contributed by atoms with E-state index in [9.17, 15) is 9.90 Å². The maximum absolute atomic E-state index is 11.3. The number of carbonyl (C=O) groups is 1. The topological polar surface area (TPSA) is 40.5 Å². The molecule has 0 amide bonds. The van der Waals surface area contributed by atoms with Gasteiger partial charge in [-0.25, -0.2) is 0 Å². The van der Waals surface area contributed by atoms with Crippen LogP contribution in [0.2, 0.25) is 0 Å². The molecule has 0 rings (SSSR count). The lowest BCUT2D eigenvalue weighted by atomic mass is 9.85. The summed E-state index contributed by atoms with van der Waals surface area (Å²) in [6, 6.07) is 0. The van der Waals surface area contributed by atoms with Crippen molar-refractivity contribution in [3.8, 4) is 0 Å². The molecule has 0 fully saturated rings. The first kappa shape index (κ1) is 15.4. The average molecular weight is 229 g/mol. The van der Waals surface area contributed by atoms with Crippen LogP contribution in [-0.2, 0) is 4.79 Å². The van der Waals surface area contributed by atoms with E-state index in [1.54, 1.807) is 0 Å². The van der Waals surface area contributed by atoms with Gasteiger partial charge in [0.05, 0.1) is 5.41 Å². The Hall–Kier alpha value is -0.570. The maximum atomic E-state index is 11.3. The summed E-state index contributed by atoms with van der Waals surface area (Å²) in [6.07, 6.45) is 3.85. The van der Waals surface area contributed by atoms with Gasteiger partial charge in [0.1, 0.15) is 0 Å². The van der Waals surface area contributed by atoms with Crippen molar-refractivity contribution in [3.05, 3.63) is 0 Å². The third kappa shape index (κ3) is 4.97. The van der Waals surface area contributed by atoms with E-state index < -0.39 is 11.4 Å². The van der Waals surface area contributed by atoms with E-state index in [0.717, 1.165) is 38.8 Å². The van der Waals surface area contributed by atoms with Crippen LogP contribution in [0.15, 0.2) is 0 Å². The summed E-state index contributed by atoms with van der Waals surface area (Å²) < 4.78 is 0. The summed E-state index contributed by atoms with van der Waals surface area (Å²) in [7, 11) is 0. The number of carboxylic acid groups (broad SMARTS) is 1. The highest BCUT2D eigenvalue weighted by Crippen LogP contribution is 2.25. The number of hydrogen-bond donors (Lipinski definition) is 1. The Kier molecular flexibility index (Phi) is 7.39. The highest BCUT2D eigenvalue weighted by Gasteiger charge is 2.33. The molecule has 0 aliphatic carbocycles. The highest BCUT2D eigenvalue weighted by molar-refractivity contribution is 5.74. The average Bonchev–Trinajstić information content (AvgIpc) is 2.18. The molecule has 0 saturated heterocycles. The molecular formula is C13H27NO2. The number of hydrogen-bond acceptors (Lipinski definition) is 2. The van der Waals surface area contributed by atoms with Crippen molar-refractivity contribution in [3.63, 3.8) is 0 Å². The van der Waals surface area contributed by atoms with Gasteiger partial charge in [-0.2, -0.15) is 0 Å². The largest absolute Gasteiger partial charge is 0.481 e. The zero-order valence-electron chi connectivity index (χ0n) is 11.3. The maximum Gasteiger partial charge on any atom is 0.310 e. The molecule has 0 aliphatic rings. The molecule has 3 nitrogen and oxygen atoms in total. The van der Waals surface area contributed by atoms with Crippen LogP contribution in [0.5, 0.6) is 0 Å². The second kappa shape index (κ2) is 7.66. The third-order valence-electron chi connectivity index (χ3n) is 2.97. The lowest BCUT2D eigenvalue weighted by Gasteiger charge is -2.32. The molecule has 3 heteroatoms. The molecule has 1 N–H and O–H groups in total. The van der Waals surface area contributed by atoms with Crippen molar-refractivity contribution in [1.82, 2.24) is 4.90 Å². The molecule has 16 heavy (non-hydrogen) atoms. The summed E-state index contributed by atoms with van der Waals surface area (Å²) in [4.78, 5) is 13.6. The van der Waals surface area contributed by atoms with E-state index in [2.05, 4.69) is 18.7 Å². The van der Waals surface area contributed by atoms with Crippen LogP contribution in [-0.4, -0.2) is 35.6 Å². The summed E-state index contributed by atoms with van der Waals surface area (Å²) in [5.74, 6) is -0.661. The summed E-state index contributed by atoms with van der Waals surface area (Å²) in [6.45, 7) is 10.9. The van der Waals surface area contributed by atoms with Crippen LogP contribution in [0.25, 0.3) is 0 Å². The SMILES string of the molecule is CCCN(CCC)CC(C)(CCC)C(=O)O. The van der Waals surface area contributed by atoms with Gasteiger partial charge in [0.15, 0.2) is 0 Å². The Balaban J connectivity index is 4.49. The first-order chi connectivity index (χ1) is 7.50. The van der Waals surface area contributed by atoms with Gasteiger partial charge in [-0.1, -0.05) is 27.2 Å². The van der Waals surface area contributed by atoms with Gasteiger partial charge in [-0.05, 0) is 39.3 Å². The van der Waals surface area contributed by atoms with Crippen molar-refractivity contribution in [2.45, 2.75) is 53.4 Å². The molecule has 1 unspecified atom stereocenters. The van der Waals surface area contributed by atoms with Crippen LogP contribution in [0.4, 0.5) is 0 Å². The monoisotopic (exact) mass is 229 g/mol. The van der Waals surface area contributed by atoms with Crippen LogP contribution >= 0.6 is 0 Å². The van der Waals surface area contributed by atoms with Crippen LogP contribution in [0, 0.1) is 5.41 Å². The van der Waals surface area contributed by atoms with Crippen molar-refractivity contribution in [1.29, 1.82) is 0 Å². The lowest BCUT2D eigenvalue weighted by molar-refractivity contribution is -0.149. The number of carboxylic acids is 1. The van der Waals surface area contributed by atoms with Crippen LogP contribution in [0.3, 0.4) is 0 Å².